The SMILES string of the molecule is Fc1ccccc1-c1cc[nH]n1. The minimum Gasteiger partial charge on any atom is -0.285 e. The highest BCUT2D eigenvalue weighted by atomic mass is 19.1. The Morgan fingerprint density at radius 1 is 1.17 bits per heavy atom. The van der Waals surface area contributed by atoms with Crippen molar-refractivity contribution in [3.8, 4) is 11.3 Å². The van der Waals surface area contributed by atoms with Gasteiger partial charge in [-0.1, -0.05) is 12.1 Å². The zero-order valence-corrected chi connectivity index (χ0v) is 6.29. The summed E-state index contributed by atoms with van der Waals surface area (Å²) in [6.07, 6.45) is 1.67. The van der Waals surface area contributed by atoms with Crippen LogP contribution in [0.25, 0.3) is 11.3 Å². The number of nitrogens with one attached hydrogen (secondary N) is 1. The van der Waals surface area contributed by atoms with Crippen molar-refractivity contribution in [2.75, 3.05) is 0 Å². The molecule has 0 aliphatic carbocycles. The molecule has 12 heavy (non-hydrogen) atoms. The van der Waals surface area contributed by atoms with E-state index in [-0.39, 0.29) is 5.82 Å². The normalized spacial score (nSPS) is 10.1. The molecule has 0 spiro atoms. The molecule has 0 fully saturated rings. The van der Waals surface area contributed by atoms with Gasteiger partial charge < -0.3 is 0 Å². The number of halogens is 1. The standard InChI is InChI=1S/C9H7FN2/c10-8-4-2-1-3-7(8)9-5-6-11-12-9/h1-6H,(H,11,12). The third kappa shape index (κ3) is 1.09. The van der Waals surface area contributed by atoms with E-state index in [0.717, 1.165) is 0 Å². The predicted molar refractivity (Wildman–Crippen MR) is 44.0 cm³/mol. The van der Waals surface area contributed by atoms with E-state index in [0.29, 0.717) is 11.3 Å². The lowest BCUT2D eigenvalue weighted by atomic mass is 10.1. The van der Waals surface area contributed by atoms with Gasteiger partial charge in [-0.2, -0.15) is 5.10 Å². The molecule has 0 saturated heterocycles. The molecule has 2 aromatic rings. The molecule has 0 aliphatic rings. The van der Waals surface area contributed by atoms with Crippen LogP contribution in [0.4, 0.5) is 4.39 Å². The quantitative estimate of drug-likeness (QED) is 0.684. The van der Waals surface area contributed by atoms with Crippen molar-refractivity contribution in [3.63, 3.8) is 0 Å². The fourth-order valence-corrected chi connectivity index (χ4v) is 1.08. The molecular weight excluding hydrogens is 155 g/mol. The highest BCUT2D eigenvalue weighted by Gasteiger charge is 2.03. The summed E-state index contributed by atoms with van der Waals surface area (Å²) in [5, 5.41) is 6.52. The molecule has 2 rings (SSSR count). The summed E-state index contributed by atoms with van der Waals surface area (Å²) in [7, 11) is 0. The Labute approximate surface area is 69.1 Å². The molecule has 1 aromatic heterocycles. The Balaban J connectivity index is 2.55. The van der Waals surface area contributed by atoms with Gasteiger partial charge in [0.15, 0.2) is 0 Å². The van der Waals surface area contributed by atoms with E-state index in [4.69, 9.17) is 0 Å². The molecule has 1 N–H and O–H groups in total. The molecule has 0 aliphatic heterocycles. The van der Waals surface area contributed by atoms with Crippen LogP contribution in [-0.2, 0) is 0 Å². The summed E-state index contributed by atoms with van der Waals surface area (Å²) in [5.41, 5.74) is 1.16. The topological polar surface area (TPSA) is 28.7 Å². The van der Waals surface area contributed by atoms with Crippen LogP contribution >= 0.6 is 0 Å². The van der Waals surface area contributed by atoms with Crippen LogP contribution in [0.5, 0.6) is 0 Å². The Morgan fingerprint density at radius 3 is 2.67 bits per heavy atom. The van der Waals surface area contributed by atoms with Crippen molar-refractivity contribution >= 4 is 0 Å². The number of benzene rings is 1. The van der Waals surface area contributed by atoms with E-state index >= 15 is 0 Å². The van der Waals surface area contributed by atoms with E-state index in [1.54, 1.807) is 30.5 Å². The number of hydrogen-bond donors (Lipinski definition) is 1. The second-order valence-electron chi connectivity index (χ2n) is 2.44. The van der Waals surface area contributed by atoms with Crippen LogP contribution in [0.3, 0.4) is 0 Å². The lowest BCUT2D eigenvalue weighted by molar-refractivity contribution is 0.630. The maximum Gasteiger partial charge on any atom is 0.132 e. The molecule has 0 amide bonds. The fraction of sp³-hybridized carbons (Fsp3) is 0. The van der Waals surface area contributed by atoms with Crippen LogP contribution in [0.2, 0.25) is 0 Å². The van der Waals surface area contributed by atoms with Gasteiger partial charge in [-0.05, 0) is 18.2 Å². The number of nitrogens with zero attached hydrogens (tertiary/aromatic N) is 1. The van der Waals surface area contributed by atoms with Gasteiger partial charge >= 0.3 is 0 Å². The summed E-state index contributed by atoms with van der Waals surface area (Å²) in [6, 6.07) is 8.30. The first kappa shape index (κ1) is 7.03. The first-order valence-corrected chi connectivity index (χ1v) is 3.62. The van der Waals surface area contributed by atoms with E-state index in [1.807, 2.05) is 0 Å². The molecule has 3 heteroatoms. The maximum absolute atomic E-state index is 13.1. The average Bonchev–Trinajstić information content (AvgIpc) is 2.57. The maximum atomic E-state index is 13.1. The van der Waals surface area contributed by atoms with Gasteiger partial charge in [0.2, 0.25) is 0 Å². The predicted octanol–water partition coefficient (Wildman–Crippen LogP) is 2.22. The highest BCUT2D eigenvalue weighted by Crippen LogP contribution is 2.18. The van der Waals surface area contributed by atoms with Crippen molar-refractivity contribution < 1.29 is 4.39 Å². The van der Waals surface area contributed by atoms with Gasteiger partial charge in [-0.3, -0.25) is 5.10 Å². The summed E-state index contributed by atoms with van der Waals surface area (Å²) in [5.74, 6) is -0.246. The van der Waals surface area contributed by atoms with E-state index in [2.05, 4.69) is 10.2 Å². The van der Waals surface area contributed by atoms with Gasteiger partial charge in [0.1, 0.15) is 5.82 Å². The lowest BCUT2D eigenvalue weighted by Crippen LogP contribution is -1.82. The van der Waals surface area contributed by atoms with Gasteiger partial charge in [0, 0.05) is 11.8 Å². The van der Waals surface area contributed by atoms with Crippen LogP contribution in [0.1, 0.15) is 0 Å². The van der Waals surface area contributed by atoms with Crippen molar-refractivity contribution in [2.24, 2.45) is 0 Å². The van der Waals surface area contributed by atoms with Gasteiger partial charge in [0.25, 0.3) is 0 Å². The van der Waals surface area contributed by atoms with Crippen LogP contribution < -0.4 is 0 Å². The Hall–Kier alpha value is -1.64. The summed E-state index contributed by atoms with van der Waals surface area (Å²) in [6.45, 7) is 0. The summed E-state index contributed by atoms with van der Waals surface area (Å²) in [4.78, 5) is 0. The first-order chi connectivity index (χ1) is 5.88. The number of H-pyrrole nitrogens is 1. The summed E-state index contributed by atoms with van der Waals surface area (Å²) >= 11 is 0. The van der Waals surface area contributed by atoms with Gasteiger partial charge in [-0.25, -0.2) is 4.39 Å². The van der Waals surface area contributed by atoms with Crippen molar-refractivity contribution in [1.82, 2.24) is 10.2 Å². The molecule has 0 saturated carbocycles. The molecular formula is C9H7FN2. The number of rotatable bonds is 1. The smallest absolute Gasteiger partial charge is 0.132 e. The molecule has 60 valence electrons. The molecule has 2 nitrogen and oxygen atoms in total. The minimum absolute atomic E-state index is 0.246. The second kappa shape index (κ2) is 2.77. The van der Waals surface area contributed by atoms with Crippen molar-refractivity contribution in [3.05, 3.63) is 42.3 Å². The number of aromatic nitrogens is 2. The molecule has 0 radical (unpaired) electrons. The van der Waals surface area contributed by atoms with E-state index in [9.17, 15) is 4.39 Å². The van der Waals surface area contributed by atoms with Crippen LogP contribution in [-0.4, -0.2) is 10.2 Å². The Morgan fingerprint density at radius 2 is 2.00 bits per heavy atom. The second-order valence-corrected chi connectivity index (χ2v) is 2.44. The highest BCUT2D eigenvalue weighted by molar-refractivity contribution is 5.58. The largest absolute Gasteiger partial charge is 0.285 e. The van der Waals surface area contributed by atoms with Crippen molar-refractivity contribution in [2.45, 2.75) is 0 Å². The van der Waals surface area contributed by atoms with Crippen LogP contribution in [0, 0.1) is 5.82 Å². The van der Waals surface area contributed by atoms with Gasteiger partial charge in [-0.15, -0.1) is 0 Å². The third-order valence-corrected chi connectivity index (χ3v) is 1.65. The monoisotopic (exact) mass is 162 g/mol. The molecule has 0 atom stereocenters. The average molecular weight is 162 g/mol. The number of hydrogen-bond acceptors (Lipinski definition) is 1. The Bertz CT molecular complexity index is 368. The molecule has 1 aromatic carbocycles. The van der Waals surface area contributed by atoms with Crippen LogP contribution in [0.15, 0.2) is 36.5 Å². The Kier molecular flexibility index (Phi) is 1.63. The summed E-state index contributed by atoms with van der Waals surface area (Å²) < 4.78 is 13.1. The molecule has 0 bridgehead atoms. The third-order valence-electron chi connectivity index (χ3n) is 1.65. The molecule has 1 heterocycles. The molecule has 0 unspecified atom stereocenters. The van der Waals surface area contributed by atoms with E-state index < -0.39 is 0 Å². The minimum atomic E-state index is -0.246. The van der Waals surface area contributed by atoms with Gasteiger partial charge in [0.05, 0.1) is 5.69 Å². The zero-order valence-electron chi connectivity index (χ0n) is 6.29. The lowest BCUT2D eigenvalue weighted by Gasteiger charge is -1.96. The van der Waals surface area contributed by atoms with Crippen molar-refractivity contribution in [1.29, 1.82) is 0 Å². The first-order valence-electron chi connectivity index (χ1n) is 3.62. The fourth-order valence-electron chi connectivity index (χ4n) is 1.08. The zero-order chi connectivity index (χ0) is 8.39. The number of aromatic amines is 1. The van der Waals surface area contributed by atoms with E-state index in [1.165, 1.54) is 6.07 Å².